The van der Waals surface area contributed by atoms with Gasteiger partial charge in [0, 0.05) is 22.3 Å². The van der Waals surface area contributed by atoms with Gasteiger partial charge in [-0.1, -0.05) is 11.6 Å². The van der Waals surface area contributed by atoms with E-state index in [0.29, 0.717) is 22.3 Å². The van der Waals surface area contributed by atoms with Crippen LogP contribution in [0.4, 0.5) is 10.2 Å². The second-order valence-electron chi connectivity index (χ2n) is 5.10. The molecule has 0 bridgehead atoms. The van der Waals surface area contributed by atoms with E-state index >= 15 is 0 Å². The van der Waals surface area contributed by atoms with Gasteiger partial charge in [-0.2, -0.15) is 0 Å². The second-order valence-corrected chi connectivity index (χ2v) is 5.54. The number of aromatic nitrogens is 3. The van der Waals surface area contributed by atoms with Crippen molar-refractivity contribution in [2.45, 2.75) is 6.92 Å². The SMILES string of the molecule is COc1cnc(-c2cc(Cl)ccc2F)nc1-c1ccnc(N)c1C. The predicted octanol–water partition coefficient (Wildman–Crippen LogP) is 3.90. The molecule has 0 atom stereocenters. The highest BCUT2D eigenvalue weighted by Crippen LogP contribution is 2.33. The number of nitrogen functional groups attached to an aromatic ring is 1. The van der Waals surface area contributed by atoms with Gasteiger partial charge in [-0.15, -0.1) is 0 Å². The van der Waals surface area contributed by atoms with Crippen LogP contribution in [0.5, 0.6) is 5.75 Å². The Bertz CT molecular complexity index is 917. The van der Waals surface area contributed by atoms with E-state index in [0.717, 1.165) is 11.1 Å². The van der Waals surface area contributed by atoms with Crippen LogP contribution in [0.3, 0.4) is 0 Å². The fourth-order valence-corrected chi connectivity index (χ4v) is 2.49. The van der Waals surface area contributed by atoms with Crippen molar-refractivity contribution in [1.82, 2.24) is 15.0 Å². The van der Waals surface area contributed by atoms with Crippen molar-refractivity contribution in [2.75, 3.05) is 12.8 Å². The second kappa shape index (κ2) is 6.41. The number of nitrogens with zero attached hydrogens (tertiary/aromatic N) is 3. The number of pyridine rings is 1. The maximum Gasteiger partial charge on any atom is 0.163 e. The molecular weight excluding hydrogens is 331 g/mol. The highest BCUT2D eigenvalue weighted by molar-refractivity contribution is 6.30. The molecular formula is C17H14ClFN4O. The summed E-state index contributed by atoms with van der Waals surface area (Å²) in [5.74, 6) is 0.598. The quantitative estimate of drug-likeness (QED) is 0.780. The summed E-state index contributed by atoms with van der Waals surface area (Å²) in [6.07, 6.45) is 3.08. The lowest BCUT2D eigenvalue weighted by atomic mass is 10.1. The number of ether oxygens (including phenoxy) is 1. The lowest BCUT2D eigenvalue weighted by molar-refractivity contribution is 0.413. The van der Waals surface area contributed by atoms with Crippen LogP contribution in [0.15, 0.2) is 36.7 Å². The number of hydrogen-bond donors (Lipinski definition) is 1. The number of hydrogen-bond acceptors (Lipinski definition) is 5. The summed E-state index contributed by atoms with van der Waals surface area (Å²) in [5, 5.41) is 0.400. The Labute approximate surface area is 143 Å². The molecule has 0 aliphatic rings. The summed E-state index contributed by atoms with van der Waals surface area (Å²) in [6.45, 7) is 1.83. The highest BCUT2D eigenvalue weighted by Gasteiger charge is 2.16. The molecule has 0 fully saturated rings. The van der Waals surface area contributed by atoms with Crippen LogP contribution in [-0.2, 0) is 0 Å². The van der Waals surface area contributed by atoms with Crippen molar-refractivity contribution in [1.29, 1.82) is 0 Å². The molecule has 3 aromatic rings. The Kier molecular flexibility index (Phi) is 4.31. The van der Waals surface area contributed by atoms with Crippen molar-refractivity contribution in [2.24, 2.45) is 0 Å². The van der Waals surface area contributed by atoms with Crippen molar-refractivity contribution in [3.8, 4) is 28.4 Å². The van der Waals surface area contributed by atoms with Gasteiger partial charge in [0.25, 0.3) is 0 Å². The molecule has 2 heterocycles. The Hall–Kier alpha value is -2.73. The summed E-state index contributed by atoms with van der Waals surface area (Å²) in [4.78, 5) is 12.7. The standard InChI is InChI=1S/C17H14ClFN4O/c1-9-11(5-6-21-16(9)20)15-14(24-2)8-22-17(23-15)12-7-10(18)3-4-13(12)19/h3-8H,1-2H3,(H2,20,21). The van der Waals surface area contributed by atoms with E-state index in [1.165, 1.54) is 31.5 Å². The van der Waals surface area contributed by atoms with Crippen LogP contribution in [0.2, 0.25) is 5.02 Å². The van der Waals surface area contributed by atoms with Gasteiger partial charge in [-0.25, -0.2) is 19.3 Å². The largest absolute Gasteiger partial charge is 0.493 e. The van der Waals surface area contributed by atoms with Gasteiger partial charge in [-0.05, 0) is 31.2 Å². The summed E-state index contributed by atoms with van der Waals surface area (Å²) >= 11 is 5.96. The van der Waals surface area contributed by atoms with Crippen molar-refractivity contribution in [3.05, 3.63) is 53.1 Å². The molecule has 0 spiro atoms. The molecule has 0 unspecified atom stereocenters. The van der Waals surface area contributed by atoms with Gasteiger partial charge < -0.3 is 10.5 Å². The average Bonchev–Trinajstić information content (AvgIpc) is 2.59. The van der Waals surface area contributed by atoms with Crippen LogP contribution in [0, 0.1) is 12.7 Å². The third-order valence-electron chi connectivity index (χ3n) is 3.64. The molecule has 3 rings (SSSR count). The van der Waals surface area contributed by atoms with Crippen molar-refractivity contribution >= 4 is 17.4 Å². The molecule has 2 N–H and O–H groups in total. The Morgan fingerprint density at radius 2 is 1.96 bits per heavy atom. The molecule has 1 aromatic carbocycles. The van der Waals surface area contributed by atoms with Crippen LogP contribution in [0.1, 0.15) is 5.56 Å². The zero-order valence-corrected chi connectivity index (χ0v) is 13.8. The predicted molar refractivity (Wildman–Crippen MR) is 91.4 cm³/mol. The van der Waals surface area contributed by atoms with E-state index in [-0.39, 0.29) is 11.4 Å². The topological polar surface area (TPSA) is 73.9 Å². The minimum atomic E-state index is -0.457. The maximum atomic E-state index is 14.1. The highest BCUT2D eigenvalue weighted by atomic mass is 35.5. The molecule has 5 nitrogen and oxygen atoms in total. The zero-order valence-electron chi connectivity index (χ0n) is 13.0. The maximum absolute atomic E-state index is 14.1. The number of benzene rings is 1. The van der Waals surface area contributed by atoms with Gasteiger partial charge in [0.05, 0.1) is 18.9 Å². The fourth-order valence-electron chi connectivity index (χ4n) is 2.32. The monoisotopic (exact) mass is 344 g/mol. The summed E-state index contributed by atoms with van der Waals surface area (Å²) < 4.78 is 19.4. The number of anilines is 1. The van der Waals surface area contributed by atoms with Crippen LogP contribution < -0.4 is 10.5 Å². The molecule has 0 saturated carbocycles. The molecule has 2 aromatic heterocycles. The third-order valence-corrected chi connectivity index (χ3v) is 3.88. The number of nitrogens with two attached hydrogens (primary N) is 1. The molecule has 122 valence electrons. The fraction of sp³-hybridized carbons (Fsp3) is 0.118. The van der Waals surface area contributed by atoms with Crippen LogP contribution >= 0.6 is 11.6 Å². The molecule has 0 amide bonds. The molecule has 24 heavy (non-hydrogen) atoms. The van der Waals surface area contributed by atoms with Gasteiger partial charge in [0.1, 0.15) is 17.3 Å². The van der Waals surface area contributed by atoms with E-state index in [9.17, 15) is 4.39 Å². The van der Waals surface area contributed by atoms with Gasteiger partial charge in [-0.3, -0.25) is 0 Å². The molecule has 0 radical (unpaired) electrons. The normalized spacial score (nSPS) is 10.7. The number of halogens is 2. The molecule has 7 heteroatoms. The van der Waals surface area contributed by atoms with Crippen LogP contribution in [0.25, 0.3) is 22.6 Å². The number of rotatable bonds is 3. The minimum Gasteiger partial charge on any atom is -0.493 e. The van der Waals surface area contributed by atoms with E-state index < -0.39 is 5.82 Å². The first-order valence-electron chi connectivity index (χ1n) is 7.09. The van der Waals surface area contributed by atoms with Gasteiger partial charge in [0.15, 0.2) is 11.6 Å². The van der Waals surface area contributed by atoms with Crippen molar-refractivity contribution < 1.29 is 9.13 Å². The Morgan fingerprint density at radius 1 is 1.17 bits per heavy atom. The first-order valence-corrected chi connectivity index (χ1v) is 7.47. The third kappa shape index (κ3) is 2.88. The smallest absolute Gasteiger partial charge is 0.163 e. The summed E-state index contributed by atoms with van der Waals surface area (Å²) in [5.41, 5.74) is 8.09. The molecule has 0 aliphatic heterocycles. The van der Waals surface area contributed by atoms with E-state index in [1.807, 2.05) is 6.92 Å². The first kappa shape index (κ1) is 16.1. The van der Waals surface area contributed by atoms with E-state index in [4.69, 9.17) is 22.1 Å². The van der Waals surface area contributed by atoms with Crippen LogP contribution in [-0.4, -0.2) is 22.1 Å². The summed E-state index contributed by atoms with van der Waals surface area (Å²) in [6, 6.07) is 6.00. The van der Waals surface area contributed by atoms with Gasteiger partial charge in [0.2, 0.25) is 0 Å². The zero-order chi connectivity index (χ0) is 17.3. The first-order chi connectivity index (χ1) is 11.5. The lowest BCUT2D eigenvalue weighted by Gasteiger charge is -2.12. The number of methoxy groups -OCH3 is 1. The van der Waals surface area contributed by atoms with Gasteiger partial charge >= 0.3 is 0 Å². The molecule has 0 saturated heterocycles. The Balaban J connectivity index is 2.23. The molecule has 0 aliphatic carbocycles. The average molecular weight is 345 g/mol. The Morgan fingerprint density at radius 3 is 2.71 bits per heavy atom. The summed E-state index contributed by atoms with van der Waals surface area (Å²) in [7, 11) is 1.52. The van der Waals surface area contributed by atoms with E-state index in [2.05, 4.69) is 15.0 Å². The van der Waals surface area contributed by atoms with E-state index in [1.54, 1.807) is 12.3 Å². The lowest BCUT2D eigenvalue weighted by Crippen LogP contribution is -2.01. The van der Waals surface area contributed by atoms with Crippen molar-refractivity contribution in [3.63, 3.8) is 0 Å². The minimum absolute atomic E-state index is 0.209.